The highest BCUT2D eigenvalue weighted by molar-refractivity contribution is 5.72. The molecule has 0 aliphatic heterocycles. The molecule has 2 aromatic rings. The van der Waals surface area contributed by atoms with Gasteiger partial charge in [-0.05, 0) is 43.7 Å². The number of nitrogens with zero attached hydrogens (tertiary/aromatic N) is 2. The predicted octanol–water partition coefficient (Wildman–Crippen LogP) is 3.89. The molecule has 4 heteroatoms. The van der Waals surface area contributed by atoms with E-state index < -0.39 is 0 Å². The van der Waals surface area contributed by atoms with Crippen molar-refractivity contribution >= 4 is 5.69 Å². The van der Waals surface area contributed by atoms with Gasteiger partial charge in [-0.25, -0.2) is 0 Å². The topological polar surface area (TPSA) is 51.0 Å². The highest BCUT2D eigenvalue weighted by Crippen LogP contribution is 2.37. The van der Waals surface area contributed by atoms with Gasteiger partial charge in [0.2, 0.25) is 0 Å². The van der Waals surface area contributed by atoms with E-state index in [9.17, 15) is 0 Å². The highest BCUT2D eigenvalue weighted by atomic mass is 16.5. The largest absolute Gasteiger partial charge is 0.382 e. The van der Waals surface area contributed by atoms with Gasteiger partial charge >= 0.3 is 0 Å². The van der Waals surface area contributed by atoms with E-state index in [4.69, 9.17) is 4.52 Å². The minimum Gasteiger partial charge on any atom is -0.382 e. The summed E-state index contributed by atoms with van der Waals surface area (Å²) in [5.74, 6) is 2.89. The van der Waals surface area contributed by atoms with Crippen LogP contribution in [0.4, 0.5) is 5.69 Å². The second-order valence-corrected chi connectivity index (χ2v) is 6.01. The first-order valence-corrected chi connectivity index (χ1v) is 7.29. The Morgan fingerprint density at radius 2 is 2.00 bits per heavy atom. The average Bonchev–Trinajstić information content (AvgIpc) is 2.80. The number of hydrogen-bond acceptors (Lipinski definition) is 4. The van der Waals surface area contributed by atoms with E-state index in [2.05, 4.69) is 35.4 Å². The van der Waals surface area contributed by atoms with Crippen LogP contribution in [0.5, 0.6) is 0 Å². The third-order valence-electron chi connectivity index (χ3n) is 4.16. The minimum atomic E-state index is 0.563. The number of nitrogens with one attached hydrogen (secondary N) is 1. The smallest absolute Gasteiger partial charge is 0.260 e. The number of benzene rings is 1. The number of anilines is 1. The zero-order valence-corrected chi connectivity index (χ0v) is 12.3. The van der Waals surface area contributed by atoms with Crippen LogP contribution in [0.1, 0.15) is 32.5 Å². The van der Waals surface area contributed by atoms with Crippen molar-refractivity contribution in [1.82, 2.24) is 10.1 Å². The van der Waals surface area contributed by atoms with E-state index in [1.165, 1.54) is 12.8 Å². The highest BCUT2D eigenvalue weighted by Gasteiger charge is 2.31. The lowest BCUT2D eigenvalue weighted by Crippen LogP contribution is -2.38. The summed E-state index contributed by atoms with van der Waals surface area (Å²) in [4.78, 5) is 4.32. The van der Waals surface area contributed by atoms with Crippen LogP contribution in [0.15, 0.2) is 28.8 Å². The van der Waals surface area contributed by atoms with E-state index in [1.54, 1.807) is 0 Å². The zero-order chi connectivity index (χ0) is 14.1. The molecule has 0 unspecified atom stereocenters. The van der Waals surface area contributed by atoms with Gasteiger partial charge in [-0.3, -0.25) is 0 Å². The molecule has 0 saturated heterocycles. The molecule has 3 rings (SSSR count). The van der Waals surface area contributed by atoms with Crippen LogP contribution in [0.25, 0.3) is 11.5 Å². The van der Waals surface area contributed by atoms with Gasteiger partial charge in [0.05, 0.1) is 5.56 Å². The third-order valence-corrected chi connectivity index (χ3v) is 4.16. The van der Waals surface area contributed by atoms with Gasteiger partial charge in [-0.2, -0.15) is 4.98 Å². The molecule has 0 spiro atoms. The van der Waals surface area contributed by atoms with Crippen LogP contribution in [-0.2, 0) is 0 Å². The van der Waals surface area contributed by atoms with Crippen LogP contribution in [-0.4, -0.2) is 16.2 Å². The lowest BCUT2D eigenvalue weighted by molar-refractivity contribution is 0.212. The van der Waals surface area contributed by atoms with Crippen LogP contribution in [0.2, 0.25) is 0 Å². The molecule has 0 bridgehead atoms. The monoisotopic (exact) mass is 271 g/mol. The number of aromatic nitrogens is 2. The molecule has 1 aliphatic rings. The predicted molar refractivity (Wildman–Crippen MR) is 79.4 cm³/mol. The zero-order valence-electron chi connectivity index (χ0n) is 12.3. The molecule has 1 N–H and O–H groups in total. The number of aryl methyl sites for hydroxylation is 1. The first-order chi connectivity index (χ1) is 9.63. The molecule has 106 valence electrons. The fourth-order valence-corrected chi connectivity index (χ4v) is 2.75. The molecule has 1 aromatic carbocycles. The Kier molecular flexibility index (Phi) is 3.47. The van der Waals surface area contributed by atoms with Gasteiger partial charge in [-0.1, -0.05) is 31.1 Å². The lowest BCUT2D eigenvalue weighted by Gasteiger charge is -2.39. The van der Waals surface area contributed by atoms with E-state index in [1.807, 2.05) is 25.1 Å². The van der Waals surface area contributed by atoms with Gasteiger partial charge < -0.3 is 9.84 Å². The van der Waals surface area contributed by atoms with Crippen molar-refractivity contribution < 1.29 is 4.52 Å². The van der Waals surface area contributed by atoms with Crippen molar-refractivity contribution in [3.05, 3.63) is 30.1 Å². The van der Waals surface area contributed by atoms with Crippen molar-refractivity contribution in [2.45, 2.75) is 39.7 Å². The first kappa shape index (κ1) is 13.2. The molecule has 20 heavy (non-hydrogen) atoms. The normalized spacial score (nSPS) is 21.8. The molecule has 1 fully saturated rings. The summed E-state index contributed by atoms with van der Waals surface area (Å²) in [6.45, 7) is 6.44. The maximum Gasteiger partial charge on any atom is 0.260 e. The first-order valence-electron chi connectivity index (χ1n) is 7.29. The lowest BCUT2D eigenvalue weighted by atomic mass is 9.73. The molecule has 4 nitrogen and oxygen atoms in total. The molecular formula is C16H21N3O. The average molecular weight is 271 g/mol. The molecule has 0 amide bonds. The maximum atomic E-state index is 5.28. The summed E-state index contributed by atoms with van der Waals surface area (Å²) in [5.41, 5.74) is 2.07. The molecule has 0 atom stereocenters. The summed E-state index contributed by atoms with van der Waals surface area (Å²) in [6, 6.07) is 8.70. The number of para-hydroxylation sites is 1. The Morgan fingerprint density at radius 3 is 2.65 bits per heavy atom. The molecule has 1 aliphatic carbocycles. The van der Waals surface area contributed by atoms with Crippen LogP contribution >= 0.6 is 0 Å². The van der Waals surface area contributed by atoms with Gasteiger partial charge in [0, 0.05) is 11.7 Å². The summed E-state index contributed by atoms with van der Waals surface area (Å²) in [7, 11) is 0. The van der Waals surface area contributed by atoms with Crippen molar-refractivity contribution in [2.24, 2.45) is 11.8 Å². The van der Waals surface area contributed by atoms with Crippen molar-refractivity contribution in [2.75, 3.05) is 5.32 Å². The van der Waals surface area contributed by atoms with Crippen molar-refractivity contribution in [3.8, 4) is 11.5 Å². The van der Waals surface area contributed by atoms with Crippen LogP contribution in [0, 0.1) is 18.8 Å². The Balaban J connectivity index is 1.74. The van der Waals surface area contributed by atoms with E-state index in [0.717, 1.165) is 23.1 Å². The third kappa shape index (κ3) is 2.55. The fourth-order valence-electron chi connectivity index (χ4n) is 2.75. The molecular weight excluding hydrogens is 250 g/mol. The minimum absolute atomic E-state index is 0.563. The van der Waals surface area contributed by atoms with Crippen LogP contribution < -0.4 is 5.32 Å². The SMILES string of the molecule is Cc1noc(-c2ccccc2NC2CC(C(C)C)C2)n1. The van der Waals surface area contributed by atoms with Crippen LogP contribution in [0.3, 0.4) is 0 Å². The van der Waals surface area contributed by atoms with Gasteiger partial charge in [0.1, 0.15) is 0 Å². The van der Waals surface area contributed by atoms with E-state index >= 15 is 0 Å². The van der Waals surface area contributed by atoms with E-state index in [-0.39, 0.29) is 0 Å². The molecule has 1 aromatic heterocycles. The maximum absolute atomic E-state index is 5.28. The summed E-state index contributed by atoms with van der Waals surface area (Å²) < 4.78 is 5.28. The Morgan fingerprint density at radius 1 is 1.25 bits per heavy atom. The van der Waals surface area contributed by atoms with Crippen molar-refractivity contribution in [3.63, 3.8) is 0 Å². The second-order valence-electron chi connectivity index (χ2n) is 6.01. The van der Waals surface area contributed by atoms with E-state index in [0.29, 0.717) is 17.8 Å². The number of hydrogen-bond donors (Lipinski definition) is 1. The Hall–Kier alpha value is -1.84. The summed E-state index contributed by atoms with van der Waals surface area (Å²) >= 11 is 0. The standard InChI is InChI=1S/C16H21N3O/c1-10(2)12-8-13(9-12)18-15-7-5-4-6-14(15)16-17-11(3)19-20-16/h4-7,10,12-13,18H,8-9H2,1-3H3. The summed E-state index contributed by atoms with van der Waals surface area (Å²) in [6.07, 6.45) is 2.49. The Bertz CT molecular complexity index is 585. The summed E-state index contributed by atoms with van der Waals surface area (Å²) in [5, 5.41) is 7.48. The Labute approximate surface area is 119 Å². The second kappa shape index (κ2) is 5.27. The molecule has 1 heterocycles. The fraction of sp³-hybridized carbons (Fsp3) is 0.500. The van der Waals surface area contributed by atoms with Gasteiger partial charge in [0.15, 0.2) is 5.82 Å². The van der Waals surface area contributed by atoms with Crippen molar-refractivity contribution in [1.29, 1.82) is 0 Å². The van der Waals surface area contributed by atoms with Gasteiger partial charge in [0.25, 0.3) is 5.89 Å². The molecule has 1 saturated carbocycles. The number of rotatable bonds is 4. The van der Waals surface area contributed by atoms with Gasteiger partial charge in [-0.15, -0.1) is 0 Å². The molecule has 0 radical (unpaired) electrons. The quantitative estimate of drug-likeness (QED) is 0.916.